The second kappa shape index (κ2) is 6.12. The number of benzene rings is 2. The Kier molecular flexibility index (Phi) is 4.60. The van der Waals surface area contributed by atoms with E-state index in [0.717, 1.165) is 12.3 Å². The van der Waals surface area contributed by atoms with Crippen LogP contribution in [0.5, 0.6) is 11.5 Å². The largest absolute Gasteiger partial charge is 0.450 e. The van der Waals surface area contributed by atoms with Gasteiger partial charge in [0.15, 0.2) is 9.84 Å². The van der Waals surface area contributed by atoms with Crippen molar-refractivity contribution in [1.82, 2.24) is 0 Å². The zero-order valence-corrected chi connectivity index (χ0v) is 13.4. The van der Waals surface area contributed by atoms with Crippen LogP contribution in [0.25, 0.3) is 0 Å². The summed E-state index contributed by atoms with van der Waals surface area (Å²) in [7, 11) is -3.78. The third-order valence-corrected chi connectivity index (χ3v) is 4.53. The van der Waals surface area contributed by atoms with Gasteiger partial charge in [-0.3, -0.25) is 10.1 Å². The van der Waals surface area contributed by atoms with E-state index in [2.05, 4.69) is 0 Å². The fourth-order valence-electron chi connectivity index (χ4n) is 1.73. The van der Waals surface area contributed by atoms with Crippen LogP contribution < -0.4 is 4.74 Å². The third kappa shape index (κ3) is 3.49. The van der Waals surface area contributed by atoms with E-state index in [4.69, 9.17) is 27.9 Å². The van der Waals surface area contributed by atoms with E-state index in [1.165, 1.54) is 30.3 Å². The summed E-state index contributed by atoms with van der Waals surface area (Å²) in [6.45, 7) is 0. The molecule has 116 valence electrons. The maximum absolute atomic E-state index is 11.7. The molecule has 0 unspecified atom stereocenters. The topological polar surface area (TPSA) is 86.5 Å². The third-order valence-electron chi connectivity index (χ3n) is 2.66. The molecule has 2 rings (SSSR count). The average molecular weight is 362 g/mol. The highest BCUT2D eigenvalue weighted by Gasteiger charge is 2.27. The van der Waals surface area contributed by atoms with Crippen molar-refractivity contribution in [3.05, 3.63) is 56.6 Å². The maximum Gasteiger partial charge on any atom is 0.330 e. The second-order valence-electron chi connectivity index (χ2n) is 4.31. The molecule has 0 bridgehead atoms. The van der Waals surface area contributed by atoms with Gasteiger partial charge in [0.1, 0.15) is 10.6 Å². The van der Waals surface area contributed by atoms with Gasteiger partial charge in [-0.15, -0.1) is 0 Å². The molecule has 0 spiro atoms. The van der Waals surface area contributed by atoms with Crippen LogP contribution >= 0.6 is 23.2 Å². The Labute approximate surface area is 136 Å². The summed E-state index contributed by atoms with van der Waals surface area (Å²) in [5, 5.41) is 11.7. The number of nitro groups is 1. The Morgan fingerprint density at radius 3 is 2.36 bits per heavy atom. The van der Waals surface area contributed by atoms with E-state index in [0.29, 0.717) is 5.02 Å². The van der Waals surface area contributed by atoms with E-state index in [9.17, 15) is 18.5 Å². The molecule has 0 radical (unpaired) electrons. The summed E-state index contributed by atoms with van der Waals surface area (Å²) in [6, 6.07) is 8.11. The molecule has 0 aliphatic carbocycles. The molecule has 0 heterocycles. The van der Waals surface area contributed by atoms with Gasteiger partial charge >= 0.3 is 5.69 Å². The van der Waals surface area contributed by atoms with Crippen LogP contribution in [-0.2, 0) is 9.84 Å². The summed E-state index contributed by atoms with van der Waals surface area (Å²) in [4.78, 5) is 9.99. The highest BCUT2D eigenvalue weighted by Crippen LogP contribution is 2.37. The van der Waals surface area contributed by atoms with Gasteiger partial charge in [0.05, 0.1) is 15.0 Å². The SMILES string of the molecule is CS(=O)(=O)c1cccc(Oc2ccc(Cl)c(Cl)c2)c1[N+](=O)[O-]. The molecule has 0 aliphatic heterocycles. The molecule has 9 heteroatoms. The molecule has 0 saturated carbocycles. The first-order chi connectivity index (χ1) is 10.2. The minimum Gasteiger partial charge on any atom is -0.450 e. The van der Waals surface area contributed by atoms with Crippen LogP contribution in [0.3, 0.4) is 0 Å². The average Bonchev–Trinajstić information content (AvgIpc) is 2.41. The predicted molar refractivity (Wildman–Crippen MR) is 82.7 cm³/mol. The van der Waals surface area contributed by atoms with Crippen molar-refractivity contribution >= 4 is 38.7 Å². The second-order valence-corrected chi connectivity index (χ2v) is 7.11. The summed E-state index contributed by atoms with van der Waals surface area (Å²) < 4.78 is 28.7. The van der Waals surface area contributed by atoms with Crippen molar-refractivity contribution in [2.24, 2.45) is 0 Å². The quantitative estimate of drug-likeness (QED) is 0.604. The van der Waals surface area contributed by atoms with Crippen molar-refractivity contribution < 1.29 is 18.1 Å². The van der Waals surface area contributed by atoms with Gasteiger partial charge in [-0.2, -0.15) is 0 Å². The molecule has 0 N–H and O–H groups in total. The first kappa shape index (κ1) is 16.5. The molecule has 6 nitrogen and oxygen atoms in total. The van der Waals surface area contributed by atoms with Gasteiger partial charge in [-0.25, -0.2) is 8.42 Å². The molecular formula is C13H9Cl2NO5S. The summed E-state index contributed by atoms with van der Waals surface area (Å²) in [6.07, 6.45) is 0.887. The van der Waals surface area contributed by atoms with E-state index in [-0.39, 0.29) is 16.5 Å². The fraction of sp³-hybridized carbons (Fsp3) is 0.0769. The van der Waals surface area contributed by atoms with Crippen molar-refractivity contribution in [2.45, 2.75) is 4.90 Å². The van der Waals surface area contributed by atoms with Gasteiger partial charge in [0.25, 0.3) is 0 Å². The maximum atomic E-state index is 11.7. The van der Waals surface area contributed by atoms with Crippen molar-refractivity contribution in [3.63, 3.8) is 0 Å². The standard InChI is InChI=1S/C13H9Cl2NO5S/c1-22(19,20)12-4-2-3-11(13(12)16(17)18)21-8-5-6-9(14)10(15)7-8/h2-7H,1H3. The Morgan fingerprint density at radius 1 is 1.14 bits per heavy atom. The summed E-state index contributed by atoms with van der Waals surface area (Å²) in [5.74, 6) is -0.00512. The molecule has 0 aliphatic rings. The Bertz CT molecular complexity index is 852. The van der Waals surface area contributed by atoms with E-state index < -0.39 is 25.3 Å². The number of nitrogens with zero attached hydrogens (tertiary/aromatic N) is 1. The minimum absolute atomic E-state index is 0.197. The highest BCUT2D eigenvalue weighted by molar-refractivity contribution is 7.90. The fourth-order valence-corrected chi connectivity index (χ4v) is 2.87. The number of rotatable bonds is 4. The lowest BCUT2D eigenvalue weighted by molar-refractivity contribution is -0.388. The lowest BCUT2D eigenvalue weighted by atomic mass is 10.3. The summed E-state index contributed by atoms with van der Waals surface area (Å²) >= 11 is 11.6. The van der Waals surface area contributed by atoms with E-state index in [1.807, 2.05) is 0 Å². The molecule has 0 saturated heterocycles. The molecule has 0 amide bonds. The first-order valence-electron chi connectivity index (χ1n) is 5.80. The van der Waals surface area contributed by atoms with E-state index in [1.54, 1.807) is 0 Å². The van der Waals surface area contributed by atoms with Gasteiger partial charge in [-0.1, -0.05) is 29.3 Å². The predicted octanol–water partition coefficient (Wildman–Crippen LogP) is 4.10. The highest BCUT2D eigenvalue weighted by atomic mass is 35.5. The smallest absolute Gasteiger partial charge is 0.330 e. The number of para-hydroxylation sites is 1. The minimum atomic E-state index is -3.78. The van der Waals surface area contributed by atoms with Crippen LogP contribution in [0.4, 0.5) is 5.69 Å². The molecule has 2 aromatic carbocycles. The van der Waals surface area contributed by atoms with Gasteiger partial charge < -0.3 is 4.74 Å². The number of hydrogen-bond donors (Lipinski definition) is 0. The van der Waals surface area contributed by atoms with E-state index >= 15 is 0 Å². The number of sulfone groups is 1. The molecular weight excluding hydrogens is 353 g/mol. The summed E-state index contributed by atoms with van der Waals surface area (Å²) in [5.41, 5.74) is -0.629. The van der Waals surface area contributed by atoms with Crippen LogP contribution in [-0.4, -0.2) is 19.6 Å². The molecule has 2 aromatic rings. The van der Waals surface area contributed by atoms with Gasteiger partial charge in [0, 0.05) is 12.3 Å². The number of nitro benzene ring substituents is 1. The van der Waals surface area contributed by atoms with Crippen molar-refractivity contribution in [1.29, 1.82) is 0 Å². The zero-order valence-electron chi connectivity index (χ0n) is 11.1. The molecule has 0 aromatic heterocycles. The number of hydrogen-bond acceptors (Lipinski definition) is 5. The lowest BCUT2D eigenvalue weighted by Gasteiger charge is -2.09. The molecule has 0 atom stereocenters. The monoisotopic (exact) mass is 361 g/mol. The molecule has 22 heavy (non-hydrogen) atoms. The Morgan fingerprint density at radius 2 is 1.82 bits per heavy atom. The van der Waals surface area contributed by atoms with Gasteiger partial charge in [-0.05, 0) is 24.3 Å². The van der Waals surface area contributed by atoms with Crippen LogP contribution in [0.1, 0.15) is 0 Å². The first-order valence-corrected chi connectivity index (χ1v) is 8.45. The normalized spacial score (nSPS) is 11.2. The van der Waals surface area contributed by atoms with Crippen molar-refractivity contribution in [3.8, 4) is 11.5 Å². The van der Waals surface area contributed by atoms with Gasteiger partial charge in [0.2, 0.25) is 5.75 Å². The molecule has 0 fully saturated rings. The van der Waals surface area contributed by atoms with Crippen LogP contribution in [0, 0.1) is 10.1 Å². The Balaban J connectivity index is 2.56. The van der Waals surface area contributed by atoms with Crippen molar-refractivity contribution in [2.75, 3.05) is 6.26 Å². The van der Waals surface area contributed by atoms with Crippen LogP contribution in [0.2, 0.25) is 10.0 Å². The Hall–Kier alpha value is -1.83. The zero-order chi connectivity index (χ0) is 16.5. The number of ether oxygens (including phenoxy) is 1. The van der Waals surface area contributed by atoms with Crippen LogP contribution in [0.15, 0.2) is 41.3 Å². The lowest BCUT2D eigenvalue weighted by Crippen LogP contribution is -2.04. The number of halogens is 2.